The standard InChI is InChI=1S/C15H22N2O/c1-15(8-7-13-5-3-2-4-6-13)9-10-17(12-15)14(18)11-16/h2-6H,7-12,16H2,1H3. The number of aryl methyl sites for hydroxylation is 1. The number of carbonyl (C=O) groups is 1. The Morgan fingerprint density at radius 1 is 1.39 bits per heavy atom. The summed E-state index contributed by atoms with van der Waals surface area (Å²) >= 11 is 0. The molecule has 0 radical (unpaired) electrons. The van der Waals surface area contributed by atoms with Crippen LogP contribution in [0.5, 0.6) is 0 Å². The van der Waals surface area contributed by atoms with Crippen LogP contribution in [0.25, 0.3) is 0 Å². The van der Waals surface area contributed by atoms with E-state index in [4.69, 9.17) is 5.73 Å². The largest absolute Gasteiger partial charge is 0.341 e. The third kappa shape index (κ3) is 3.10. The summed E-state index contributed by atoms with van der Waals surface area (Å²) in [5.41, 5.74) is 7.04. The van der Waals surface area contributed by atoms with Gasteiger partial charge in [0, 0.05) is 13.1 Å². The summed E-state index contributed by atoms with van der Waals surface area (Å²) in [6.45, 7) is 4.13. The second-order valence-corrected chi connectivity index (χ2v) is 5.57. The van der Waals surface area contributed by atoms with Crippen molar-refractivity contribution in [2.24, 2.45) is 11.1 Å². The van der Waals surface area contributed by atoms with Gasteiger partial charge in [-0.2, -0.15) is 0 Å². The van der Waals surface area contributed by atoms with Crippen LogP contribution in [-0.4, -0.2) is 30.4 Å². The van der Waals surface area contributed by atoms with Crippen LogP contribution in [0, 0.1) is 5.41 Å². The average molecular weight is 246 g/mol. The molecule has 1 fully saturated rings. The SMILES string of the molecule is CC1(CCc2ccccc2)CCN(C(=O)CN)C1. The molecule has 1 aromatic carbocycles. The van der Waals surface area contributed by atoms with E-state index in [1.54, 1.807) is 0 Å². The summed E-state index contributed by atoms with van der Waals surface area (Å²) in [4.78, 5) is 13.5. The molecule has 1 aliphatic heterocycles. The molecule has 1 saturated heterocycles. The lowest BCUT2D eigenvalue weighted by atomic mass is 9.83. The van der Waals surface area contributed by atoms with E-state index in [-0.39, 0.29) is 17.9 Å². The number of benzene rings is 1. The first-order valence-corrected chi connectivity index (χ1v) is 6.65. The van der Waals surface area contributed by atoms with E-state index < -0.39 is 0 Å². The molecule has 3 nitrogen and oxygen atoms in total. The van der Waals surface area contributed by atoms with Crippen LogP contribution in [0.2, 0.25) is 0 Å². The highest BCUT2D eigenvalue weighted by atomic mass is 16.2. The molecule has 0 aliphatic carbocycles. The minimum atomic E-state index is 0.0819. The number of rotatable bonds is 4. The summed E-state index contributed by atoms with van der Waals surface area (Å²) in [5.74, 6) is 0.0819. The Balaban J connectivity index is 1.88. The van der Waals surface area contributed by atoms with Gasteiger partial charge >= 0.3 is 0 Å². The first kappa shape index (κ1) is 13.1. The van der Waals surface area contributed by atoms with Crippen molar-refractivity contribution >= 4 is 5.91 Å². The Morgan fingerprint density at radius 2 is 2.11 bits per heavy atom. The number of amides is 1. The predicted octanol–water partition coefficient (Wildman–Crippen LogP) is 1.82. The van der Waals surface area contributed by atoms with Gasteiger partial charge in [0.2, 0.25) is 5.91 Å². The zero-order valence-corrected chi connectivity index (χ0v) is 11.1. The summed E-state index contributed by atoms with van der Waals surface area (Å²) in [6.07, 6.45) is 3.30. The van der Waals surface area contributed by atoms with Crippen LogP contribution < -0.4 is 5.73 Å². The molecule has 1 aliphatic rings. The number of likely N-dealkylation sites (tertiary alicyclic amines) is 1. The maximum atomic E-state index is 11.6. The van der Waals surface area contributed by atoms with E-state index in [9.17, 15) is 4.79 Å². The molecule has 2 N–H and O–H groups in total. The van der Waals surface area contributed by atoms with Crippen molar-refractivity contribution in [2.75, 3.05) is 19.6 Å². The topological polar surface area (TPSA) is 46.3 Å². The van der Waals surface area contributed by atoms with Crippen LogP contribution in [0.1, 0.15) is 25.3 Å². The summed E-state index contributed by atoms with van der Waals surface area (Å²) < 4.78 is 0. The molecular weight excluding hydrogens is 224 g/mol. The van der Waals surface area contributed by atoms with Gasteiger partial charge in [0.05, 0.1) is 6.54 Å². The van der Waals surface area contributed by atoms with Gasteiger partial charge < -0.3 is 10.6 Å². The van der Waals surface area contributed by atoms with Crippen molar-refractivity contribution < 1.29 is 4.79 Å². The second kappa shape index (κ2) is 5.53. The van der Waals surface area contributed by atoms with E-state index in [0.717, 1.165) is 32.4 Å². The molecule has 0 saturated carbocycles. The molecule has 1 atom stereocenters. The van der Waals surface area contributed by atoms with Crippen LogP contribution >= 0.6 is 0 Å². The highest BCUT2D eigenvalue weighted by Gasteiger charge is 2.34. The van der Waals surface area contributed by atoms with Crippen molar-refractivity contribution in [1.82, 2.24) is 4.90 Å². The molecule has 1 aromatic rings. The fourth-order valence-corrected chi connectivity index (χ4v) is 2.66. The van der Waals surface area contributed by atoms with E-state index in [1.807, 2.05) is 11.0 Å². The number of hydrogen-bond acceptors (Lipinski definition) is 2. The molecule has 98 valence electrons. The molecule has 1 amide bonds. The van der Waals surface area contributed by atoms with Gasteiger partial charge in [-0.05, 0) is 30.2 Å². The summed E-state index contributed by atoms with van der Waals surface area (Å²) in [5, 5.41) is 0. The van der Waals surface area contributed by atoms with E-state index in [2.05, 4.69) is 31.2 Å². The highest BCUT2D eigenvalue weighted by molar-refractivity contribution is 5.78. The maximum absolute atomic E-state index is 11.6. The molecule has 1 unspecified atom stereocenters. The smallest absolute Gasteiger partial charge is 0.236 e. The third-order valence-corrected chi connectivity index (χ3v) is 3.95. The average Bonchev–Trinajstić information content (AvgIpc) is 2.80. The van der Waals surface area contributed by atoms with Crippen molar-refractivity contribution in [3.8, 4) is 0 Å². The molecule has 2 rings (SSSR count). The van der Waals surface area contributed by atoms with Gasteiger partial charge in [0.25, 0.3) is 0 Å². The molecular formula is C15H22N2O. The zero-order valence-electron chi connectivity index (χ0n) is 11.1. The molecule has 3 heteroatoms. The van der Waals surface area contributed by atoms with Crippen LogP contribution in [0.3, 0.4) is 0 Å². The van der Waals surface area contributed by atoms with Crippen LogP contribution in [-0.2, 0) is 11.2 Å². The van der Waals surface area contributed by atoms with Gasteiger partial charge in [-0.25, -0.2) is 0 Å². The third-order valence-electron chi connectivity index (χ3n) is 3.95. The van der Waals surface area contributed by atoms with Gasteiger partial charge in [-0.1, -0.05) is 37.3 Å². The summed E-state index contributed by atoms with van der Waals surface area (Å²) in [6, 6.07) is 10.5. The lowest BCUT2D eigenvalue weighted by Gasteiger charge is -2.24. The normalized spacial score (nSPS) is 23.3. The molecule has 0 bridgehead atoms. The van der Waals surface area contributed by atoms with Crippen LogP contribution in [0.4, 0.5) is 0 Å². The monoisotopic (exact) mass is 246 g/mol. The highest BCUT2D eigenvalue weighted by Crippen LogP contribution is 2.34. The van der Waals surface area contributed by atoms with Crippen LogP contribution in [0.15, 0.2) is 30.3 Å². The minimum absolute atomic E-state index is 0.0819. The molecule has 0 spiro atoms. The fraction of sp³-hybridized carbons (Fsp3) is 0.533. The maximum Gasteiger partial charge on any atom is 0.236 e. The molecule has 1 heterocycles. The lowest BCUT2D eigenvalue weighted by molar-refractivity contribution is -0.129. The number of nitrogens with two attached hydrogens (primary N) is 1. The number of carbonyl (C=O) groups excluding carboxylic acids is 1. The Morgan fingerprint density at radius 3 is 2.78 bits per heavy atom. The van der Waals surface area contributed by atoms with E-state index in [1.165, 1.54) is 5.56 Å². The molecule has 18 heavy (non-hydrogen) atoms. The van der Waals surface area contributed by atoms with E-state index >= 15 is 0 Å². The number of nitrogens with zero attached hydrogens (tertiary/aromatic N) is 1. The zero-order chi connectivity index (χ0) is 13.0. The van der Waals surface area contributed by atoms with Gasteiger partial charge in [-0.3, -0.25) is 4.79 Å². The van der Waals surface area contributed by atoms with E-state index in [0.29, 0.717) is 0 Å². The first-order valence-electron chi connectivity index (χ1n) is 6.65. The van der Waals surface area contributed by atoms with Crippen molar-refractivity contribution in [3.63, 3.8) is 0 Å². The van der Waals surface area contributed by atoms with Gasteiger partial charge in [0.1, 0.15) is 0 Å². The lowest BCUT2D eigenvalue weighted by Crippen LogP contribution is -2.35. The predicted molar refractivity (Wildman–Crippen MR) is 73.1 cm³/mol. The Hall–Kier alpha value is -1.35. The van der Waals surface area contributed by atoms with Gasteiger partial charge in [-0.15, -0.1) is 0 Å². The summed E-state index contributed by atoms with van der Waals surface area (Å²) in [7, 11) is 0. The van der Waals surface area contributed by atoms with Crippen molar-refractivity contribution in [1.29, 1.82) is 0 Å². The Labute approximate surface area is 109 Å². The quantitative estimate of drug-likeness (QED) is 0.881. The Kier molecular flexibility index (Phi) is 4.02. The Bertz CT molecular complexity index is 404. The van der Waals surface area contributed by atoms with Crippen molar-refractivity contribution in [3.05, 3.63) is 35.9 Å². The fourth-order valence-electron chi connectivity index (χ4n) is 2.66. The van der Waals surface area contributed by atoms with Gasteiger partial charge in [0.15, 0.2) is 0 Å². The van der Waals surface area contributed by atoms with Crippen molar-refractivity contribution in [2.45, 2.75) is 26.2 Å². The number of hydrogen-bond donors (Lipinski definition) is 1. The second-order valence-electron chi connectivity index (χ2n) is 5.57. The molecule has 0 aromatic heterocycles. The first-order chi connectivity index (χ1) is 8.63. The minimum Gasteiger partial charge on any atom is -0.341 e.